The van der Waals surface area contributed by atoms with Gasteiger partial charge in [-0.15, -0.1) is 0 Å². The number of aryl methyl sites for hydroxylation is 2. The standard InChI is InChI=1S/C23H22N2O5S/c1-14-11-20(29-3)21(12-15(14)2)31(27,28)25-17-9-10-19-18(13-17)24-23(26)22(30-19)16-7-5-4-6-8-16/h4-13,22,25H,1-3H3,(H,24,26). The molecule has 0 aromatic heterocycles. The Hall–Kier alpha value is -3.52. The van der Waals surface area contributed by atoms with Gasteiger partial charge >= 0.3 is 0 Å². The van der Waals surface area contributed by atoms with Crippen molar-refractivity contribution in [1.29, 1.82) is 0 Å². The molecular weight excluding hydrogens is 416 g/mol. The number of methoxy groups -OCH3 is 1. The Bertz CT molecular complexity index is 1260. The van der Waals surface area contributed by atoms with Crippen LogP contribution in [0, 0.1) is 13.8 Å². The molecule has 3 aromatic carbocycles. The van der Waals surface area contributed by atoms with Crippen molar-refractivity contribution in [3.05, 3.63) is 77.4 Å². The van der Waals surface area contributed by atoms with Gasteiger partial charge in [0, 0.05) is 5.56 Å². The van der Waals surface area contributed by atoms with E-state index >= 15 is 0 Å². The van der Waals surface area contributed by atoms with E-state index in [0.29, 0.717) is 17.1 Å². The summed E-state index contributed by atoms with van der Waals surface area (Å²) in [5, 5.41) is 2.79. The molecule has 0 saturated heterocycles. The molecule has 31 heavy (non-hydrogen) atoms. The van der Waals surface area contributed by atoms with E-state index in [-0.39, 0.29) is 16.6 Å². The molecule has 1 atom stereocenters. The van der Waals surface area contributed by atoms with Gasteiger partial charge in [-0.05, 0) is 55.3 Å². The van der Waals surface area contributed by atoms with Gasteiger partial charge < -0.3 is 14.8 Å². The molecule has 0 spiro atoms. The van der Waals surface area contributed by atoms with E-state index in [1.54, 1.807) is 24.3 Å². The zero-order valence-electron chi connectivity index (χ0n) is 17.3. The first kappa shape index (κ1) is 20.7. The fourth-order valence-corrected chi connectivity index (χ4v) is 4.65. The highest BCUT2D eigenvalue weighted by atomic mass is 32.2. The number of sulfonamides is 1. The lowest BCUT2D eigenvalue weighted by Gasteiger charge is -2.26. The van der Waals surface area contributed by atoms with Gasteiger partial charge in [-0.1, -0.05) is 30.3 Å². The van der Waals surface area contributed by atoms with Crippen LogP contribution in [0.25, 0.3) is 0 Å². The molecule has 4 rings (SSSR count). The summed E-state index contributed by atoms with van der Waals surface area (Å²) < 4.78 is 39.7. The van der Waals surface area contributed by atoms with Crippen LogP contribution in [-0.4, -0.2) is 21.4 Å². The van der Waals surface area contributed by atoms with E-state index in [1.165, 1.54) is 13.2 Å². The summed E-state index contributed by atoms with van der Waals surface area (Å²) in [5.74, 6) is 0.394. The number of carbonyl (C=O) groups excluding carboxylic acids is 1. The largest absolute Gasteiger partial charge is 0.495 e. The first-order valence-corrected chi connectivity index (χ1v) is 11.1. The van der Waals surface area contributed by atoms with E-state index in [0.717, 1.165) is 16.7 Å². The summed E-state index contributed by atoms with van der Waals surface area (Å²) >= 11 is 0. The Balaban J connectivity index is 1.62. The molecule has 3 aromatic rings. The molecule has 0 bridgehead atoms. The van der Waals surface area contributed by atoms with E-state index in [1.807, 2.05) is 44.2 Å². The second-order valence-corrected chi connectivity index (χ2v) is 8.95. The van der Waals surface area contributed by atoms with Crippen molar-refractivity contribution in [2.45, 2.75) is 24.8 Å². The summed E-state index contributed by atoms with van der Waals surface area (Å²) in [4.78, 5) is 12.6. The van der Waals surface area contributed by atoms with Gasteiger partial charge in [0.1, 0.15) is 16.4 Å². The first-order chi connectivity index (χ1) is 14.8. The molecule has 160 valence electrons. The number of rotatable bonds is 5. The highest BCUT2D eigenvalue weighted by Crippen LogP contribution is 2.37. The average molecular weight is 439 g/mol. The molecule has 8 heteroatoms. The van der Waals surface area contributed by atoms with Crippen LogP contribution in [0.3, 0.4) is 0 Å². The fourth-order valence-electron chi connectivity index (χ4n) is 3.36. The average Bonchev–Trinajstić information content (AvgIpc) is 2.75. The molecular formula is C23H22N2O5S. The SMILES string of the molecule is COc1cc(C)c(C)cc1S(=O)(=O)Nc1ccc2c(c1)NC(=O)C(c1ccccc1)O2. The van der Waals surface area contributed by atoms with Crippen molar-refractivity contribution in [2.24, 2.45) is 0 Å². The minimum absolute atomic E-state index is 0.0419. The lowest BCUT2D eigenvalue weighted by molar-refractivity contribution is -0.123. The van der Waals surface area contributed by atoms with Crippen LogP contribution in [0.2, 0.25) is 0 Å². The summed E-state index contributed by atoms with van der Waals surface area (Å²) in [6.45, 7) is 3.72. The number of carbonyl (C=O) groups is 1. The highest BCUT2D eigenvalue weighted by molar-refractivity contribution is 7.92. The third-order valence-corrected chi connectivity index (χ3v) is 6.55. The molecule has 0 radical (unpaired) electrons. The zero-order chi connectivity index (χ0) is 22.2. The van der Waals surface area contributed by atoms with Crippen molar-refractivity contribution in [3.8, 4) is 11.5 Å². The molecule has 1 amide bonds. The van der Waals surface area contributed by atoms with Crippen LogP contribution in [0.1, 0.15) is 22.8 Å². The van der Waals surface area contributed by atoms with Gasteiger partial charge in [0.25, 0.3) is 15.9 Å². The Labute approximate surface area is 181 Å². The molecule has 7 nitrogen and oxygen atoms in total. The summed E-state index contributed by atoms with van der Waals surface area (Å²) in [7, 11) is -2.49. The van der Waals surface area contributed by atoms with Crippen LogP contribution in [-0.2, 0) is 14.8 Å². The lowest BCUT2D eigenvalue weighted by atomic mass is 10.1. The van der Waals surface area contributed by atoms with Gasteiger partial charge in [0.2, 0.25) is 6.10 Å². The van der Waals surface area contributed by atoms with Gasteiger partial charge in [-0.25, -0.2) is 8.42 Å². The predicted molar refractivity (Wildman–Crippen MR) is 118 cm³/mol. The number of ether oxygens (including phenoxy) is 2. The summed E-state index contributed by atoms with van der Waals surface area (Å²) in [6, 6.07) is 17.2. The van der Waals surface area contributed by atoms with Crippen molar-refractivity contribution in [3.63, 3.8) is 0 Å². The molecule has 1 heterocycles. The van der Waals surface area contributed by atoms with Crippen LogP contribution in [0.5, 0.6) is 11.5 Å². The Morgan fingerprint density at radius 1 is 1.00 bits per heavy atom. The van der Waals surface area contributed by atoms with E-state index < -0.39 is 16.1 Å². The van der Waals surface area contributed by atoms with Crippen molar-refractivity contribution < 1.29 is 22.7 Å². The van der Waals surface area contributed by atoms with Gasteiger partial charge in [0.05, 0.1) is 18.5 Å². The highest BCUT2D eigenvalue weighted by Gasteiger charge is 2.29. The minimum atomic E-state index is -3.92. The smallest absolute Gasteiger partial charge is 0.270 e. The number of hydrogen-bond acceptors (Lipinski definition) is 5. The molecule has 1 unspecified atom stereocenters. The van der Waals surface area contributed by atoms with Crippen molar-refractivity contribution >= 4 is 27.3 Å². The Morgan fingerprint density at radius 2 is 1.71 bits per heavy atom. The summed E-state index contributed by atoms with van der Waals surface area (Å²) in [6.07, 6.45) is -0.768. The topological polar surface area (TPSA) is 93.7 Å². The molecule has 0 fully saturated rings. The maximum absolute atomic E-state index is 13.0. The number of nitrogens with one attached hydrogen (secondary N) is 2. The van der Waals surface area contributed by atoms with Crippen molar-refractivity contribution in [2.75, 3.05) is 17.1 Å². The predicted octanol–water partition coefficient (Wildman–Crippen LogP) is 4.19. The van der Waals surface area contributed by atoms with Crippen molar-refractivity contribution in [1.82, 2.24) is 0 Å². The third kappa shape index (κ3) is 4.06. The quantitative estimate of drug-likeness (QED) is 0.623. The lowest BCUT2D eigenvalue weighted by Crippen LogP contribution is -2.30. The maximum atomic E-state index is 13.0. The second-order valence-electron chi connectivity index (χ2n) is 7.30. The number of amides is 1. The Morgan fingerprint density at radius 3 is 2.42 bits per heavy atom. The van der Waals surface area contributed by atoms with Crippen LogP contribution >= 0.6 is 0 Å². The normalized spacial score (nSPS) is 15.5. The molecule has 1 aliphatic heterocycles. The van der Waals surface area contributed by atoms with E-state index in [4.69, 9.17) is 9.47 Å². The molecule has 0 aliphatic carbocycles. The number of benzene rings is 3. The zero-order valence-corrected chi connectivity index (χ0v) is 18.1. The minimum Gasteiger partial charge on any atom is -0.495 e. The van der Waals surface area contributed by atoms with E-state index in [9.17, 15) is 13.2 Å². The monoisotopic (exact) mass is 438 g/mol. The summed E-state index contributed by atoms with van der Waals surface area (Å²) in [5.41, 5.74) is 3.18. The van der Waals surface area contributed by atoms with Crippen LogP contribution in [0.4, 0.5) is 11.4 Å². The van der Waals surface area contributed by atoms with Crippen LogP contribution in [0.15, 0.2) is 65.6 Å². The van der Waals surface area contributed by atoms with Gasteiger partial charge in [0.15, 0.2) is 0 Å². The molecule has 1 aliphatic rings. The number of hydrogen-bond donors (Lipinski definition) is 2. The van der Waals surface area contributed by atoms with Gasteiger partial charge in [-0.3, -0.25) is 9.52 Å². The number of fused-ring (bicyclic) bond motifs is 1. The maximum Gasteiger partial charge on any atom is 0.270 e. The number of anilines is 2. The van der Waals surface area contributed by atoms with Gasteiger partial charge in [-0.2, -0.15) is 0 Å². The fraction of sp³-hybridized carbons (Fsp3) is 0.174. The first-order valence-electron chi connectivity index (χ1n) is 9.63. The molecule has 0 saturated carbocycles. The van der Waals surface area contributed by atoms with E-state index in [2.05, 4.69) is 10.0 Å². The second kappa shape index (κ2) is 7.96. The Kier molecular flexibility index (Phi) is 5.32. The third-order valence-electron chi connectivity index (χ3n) is 5.14. The molecule has 2 N–H and O–H groups in total. The van der Waals surface area contributed by atoms with Crippen LogP contribution < -0.4 is 19.5 Å².